The van der Waals surface area contributed by atoms with Gasteiger partial charge in [0.2, 0.25) is 5.91 Å². The maximum atomic E-state index is 11.4. The van der Waals surface area contributed by atoms with Crippen molar-refractivity contribution in [2.24, 2.45) is 0 Å². The van der Waals surface area contributed by atoms with Gasteiger partial charge in [0.05, 0.1) is 17.6 Å². The van der Waals surface area contributed by atoms with E-state index in [1.807, 2.05) is 6.92 Å². The molecular weight excluding hydrogens is 192 g/mol. The highest BCUT2D eigenvalue weighted by Crippen LogP contribution is 2.15. The van der Waals surface area contributed by atoms with Gasteiger partial charge in [-0.1, -0.05) is 0 Å². The van der Waals surface area contributed by atoms with Gasteiger partial charge in [0, 0.05) is 12.7 Å². The zero-order valence-corrected chi connectivity index (χ0v) is 8.95. The van der Waals surface area contributed by atoms with Crippen molar-refractivity contribution in [1.82, 2.24) is 10.3 Å². The van der Waals surface area contributed by atoms with Crippen LogP contribution in [0.5, 0.6) is 0 Å². The first-order chi connectivity index (χ1) is 7.15. The van der Waals surface area contributed by atoms with Crippen molar-refractivity contribution < 1.29 is 4.79 Å². The van der Waals surface area contributed by atoms with Crippen molar-refractivity contribution in [3.8, 4) is 0 Å². The Kier molecular flexibility index (Phi) is 3.91. The molecule has 0 aromatic carbocycles. The van der Waals surface area contributed by atoms with Gasteiger partial charge in [0.15, 0.2) is 0 Å². The molecule has 0 saturated carbocycles. The van der Waals surface area contributed by atoms with Crippen molar-refractivity contribution in [3.63, 3.8) is 0 Å². The summed E-state index contributed by atoms with van der Waals surface area (Å²) < 4.78 is 0. The molecule has 0 spiro atoms. The summed E-state index contributed by atoms with van der Waals surface area (Å²) in [6.45, 7) is 4.28. The van der Waals surface area contributed by atoms with Crippen molar-refractivity contribution >= 4 is 17.3 Å². The minimum Gasteiger partial charge on any atom is -0.396 e. The van der Waals surface area contributed by atoms with E-state index in [0.717, 1.165) is 5.69 Å². The zero-order valence-electron chi connectivity index (χ0n) is 8.95. The molecule has 0 radical (unpaired) electrons. The van der Waals surface area contributed by atoms with Gasteiger partial charge >= 0.3 is 0 Å². The fourth-order valence-electron chi connectivity index (χ4n) is 1.16. The Bertz CT molecular complexity index is 340. The Hall–Kier alpha value is -1.78. The Labute approximate surface area is 89.1 Å². The molecule has 0 fully saturated rings. The van der Waals surface area contributed by atoms with E-state index in [9.17, 15) is 4.79 Å². The summed E-state index contributed by atoms with van der Waals surface area (Å²) in [5.41, 5.74) is 6.95. The highest BCUT2D eigenvalue weighted by Gasteiger charge is 2.11. The summed E-state index contributed by atoms with van der Waals surface area (Å²) in [6, 6.07) is 1.43. The van der Waals surface area contributed by atoms with Gasteiger partial charge in [-0.25, -0.2) is 0 Å². The summed E-state index contributed by atoms with van der Waals surface area (Å²) in [5.74, 6) is -0.0475. The topological polar surface area (TPSA) is 80.0 Å². The molecule has 1 heterocycles. The van der Waals surface area contributed by atoms with Crippen LogP contribution in [0.1, 0.15) is 13.8 Å². The standard InChI is InChI=1S/C10H16N4O/c1-3-13-10(15)7(2)14-9-4-5-12-6-8(9)11/h4-7H,3,11H2,1-2H3,(H,12,14)(H,13,15). The van der Waals surface area contributed by atoms with E-state index in [0.29, 0.717) is 12.2 Å². The fourth-order valence-corrected chi connectivity index (χ4v) is 1.16. The number of anilines is 2. The molecule has 5 heteroatoms. The molecular formula is C10H16N4O. The number of pyridine rings is 1. The average Bonchev–Trinajstić information content (AvgIpc) is 2.21. The molecule has 5 nitrogen and oxygen atoms in total. The van der Waals surface area contributed by atoms with E-state index >= 15 is 0 Å². The van der Waals surface area contributed by atoms with Gasteiger partial charge in [-0.05, 0) is 19.9 Å². The van der Waals surface area contributed by atoms with Gasteiger partial charge in [0.1, 0.15) is 6.04 Å². The Morgan fingerprint density at radius 1 is 1.67 bits per heavy atom. The molecule has 82 valence electrons. The second kappa shape index (κ2) is 5.19. The van der Waals surface area contributed by atoms with Crippen molar-refractivity contribution in [2.75, 3.05) is 17.6 Å². The first-order valence-corrected chi connectivity index (χ1v) is 4.89. The molecule has 0 aliphatic heterocycles. The van der Waals surface area contributed by atoms with Crippen LogP contribution in [0.3, 0.4) is 0 Å². The van der Waals surface area contributed by atoms with Gasteiger partial charge in [-0.15, -0.1) is 0 Å². The molecule has 0 bridgehead atoms. The summed E-state index contributed by atoms with van der Waals surface area (Å²) in [4.78, 5) is 15.3. The average molecular weight is 208 g/mol. The summed E-state index contributed by atoms with van der Waals surface area (Å²) in [5, 5.41) is 5.74. The number of nitrogen functional groups attached to an aromatic ring is 1. The highest BCUT2D eigenvalue weighted by molar-refractivity contribution is 5.85. The molecule has 1 aromatic heterocycles. The van der Waals surface area contributed by atoms with Crippen LogP contribution in [0.15, 0.2) is 18.5 Å². The second-order valence-electron chi connectivity index (χ2n) is 3.22. The molecule has 1 aromatic rings. The van der Waals surface area contributed by atoms with Gasteiger partial charge in [0.25, 0.3) is 0 Å². The number of hydrogen-bond acceptors (Lipinski definition) is 4. The predicted octanol–water partition coefficient (Wildman–Crippen LogP) is 0.600. The van der Waals surface area contributed by atoms with E-state index in [2.05, 4.69) is 15.6 Å². The SMILES string of the molecule is CCNC(=O)C(C)Nc1ccncc1N. The fraction of sp³-hybridized carbons (Fsp3) is 0.400. The Balaban J connectivity index is 2.62. The van der Waals surface area contributed by atoms with Gasteiger partial charge in [-0.3, -0.25) is 9.78 Å². The molecule has 15 heavy (non-hydrogen) atoms. The summed E-state index contributed by atoms with van der Waals surface area (Å²) >= 11 is 0. The van der Waals surface area contributed by atoms with E-state index < -0.39 is 0 Å². The largest absolute Gasteiger partial charge is 0.396 e. The molecule has 0 aliphatic rings. The quantitative estimate of drug-likeness (QED) is 0.677. The number of nitrogens with zero attached hydrogens (tertiary/aromatic N) is 1. The second-order valence-corrected chi connectivity index (χ2v) is 3.22. The Morgan fingerprint density at radius 2 is 2.40 bits per heavy atom. The third-order valence-corrected chi connectivity index (χ3v) is 1.97. The summed E-state index contributed by atoms with van der Waals surface area (Å²) in [7, 11) is 0. The first-order valence-electron chi connectivity index (χ1n) is 4.89. The van der Waals surface area contributed by atoms with E-state index in [-0.39, 0.29) is 11.9 Å². The normalized spacial score (nSPS) is 11.9. The van der Waals surface area contributed by atoms with E-state index in [1.54, 1.807) is 25.4 Å². The number of amides is 1. The van der Waals surface area contributed by atoms with Gasteiger partial charge < -0.3 is 16.4 Å². The zero-order chi connectivity index (χ0) is 11.3. The number of hydrogen-bond donors (Lipinski definition) is 3. The van der Waals surface area contributed by atoms with Crippen molar-refractivity contribution in [2.45, 2.75) is 19.9 Å². The van der Waals surface area contributed by atoms with Crippen LogP contribution in [0, 0.1) is 0 Å². The minimum absolute atomic E-state index is 0.0475. The van der Waals surface area contributed by atoms with E-state index in [1.165, 1.54) is 0 Å². The number of rotatable bonds is 4. The molecule has 0 aliphatic carbocycles. The lowest BCUT2D eigenvalue weighted by Gasteiger charge is -2.15. The van der Waals surface area contributed by atoms with Gasteiger partial charge in [-0.2, -0.15) is 0 Å². The number of carbonyl (C=O) groups excluding carboxylic acids is 1. The lowest BCUT2D eigenvalue weighted by molar-refractivity contribution is -0.121. The predicted molar refractivity (Wildman–Crippen MR) is 60.4 cm³/mol. The molecule has 1 atom stereocenters. The van der Waals surface area contributed by atoms with E-state index in [4.69, 9.17) is 5.73 Å². The lowest BCUT2D eigenvalue weighted by Crippen LogP contribution is -2.37. The molecule has 1 amide bonds. The third-order valence-electron chi connectivity index (χ3n) is 1.97. The van der Waals surface area contributed by atoms with Crippen molar-refractivity contribution in [1.29, 1.82) is 0 Å². The minimum atomic E-state index is -0.311. The van der Waals surface area contributed by atoms with Crippen LogP contribution in [0.4, 0.5) is 11.4 Å². The molecule has 4 N–H and O–H groups in total. The monoisotopic (exact) mass is 208 g/mol. The number of likely N-dealkylation sites (N-methyl/N-ethyl adjacent to an activating group) is 1. The molecule has 1 rings (SSSR count). The number of nitrogens with one attached hydrogen (secondary N) is 2. The number of carbonyl (C=O) groups is 1. The maximum absolute atomic E-state index is 11.4. The first kappa shape index (κ1) is 11.3. The van der Waals surface area contributed by atoms with Crippen LogP contribution < -0.4 is 16.4 Å². The smallest absolute Gasteiger partial charge is 0.242 e. The maximum Gasteiger partial charge on any atom is 0.242 e. The van der Waals surface area contributed by atoms with Crippen LogP contribution in [0.2, 0.25) is 0 Å². The molecule has 0 saturated heterocycles. The highest BCUT2D eigenvalue weighted by atomic mass is 16.2. The van der Waals surface area contributed by atoms with Crippen LogP contribution >= 0.6 is 0 Å². The third kappa shape index (κ3) is 3.12. The number of aromatic nitrogens is 1. The van der Waals surface area contributed by atoms with Crippen LogP contribution in [-0.2, 0) is 4.79 Å². The lowest BCUT2D eigenvalue weighted by atomic mass is 10.2. The van der Waals surface area contributed by atoms with Crippen LogP contribution in [0.25, 0.3) is 0 Å². The Morgan fingerprint density at radius 3 is 3.00 bits per heavy atom. The van der Waals surface area contributed by atoms with Crippen molar-refractivity contribution in [3.05, 3.63) is 18.5 Å². The van der Waals surface area contributed by atoms with Crippen LogP contribution in [-0.4, -0.2) is 23.5 Å². The summed E-state index contributed by atoms with van der Waals surface area (Å²) in [6.07, 6.45) is 3.18. The number of nitrogens with two attached hydrogens (primary N) is 1. The molecule has 1 unspecified atom stereocenters.